The Morgan fingerprint density at radius 1 is 1.00 bits per heavy atom. The van der Waals surface area contributed by atoms with E-state index in [0.717, 1.165) is 36.8 Å². The highest BCUT2D eigenvalue weighted by Crippen LogP contribution is 2.64. The summed E-state index contributed by atoms with van der Waals surface area (Å²) in [5, 5.41) is 6.77. The Labute approximate surface area is 226 Å². The van der Waals surface area contributed by atoms with Gasteiger partial charge in [0.05, 0.1) is 5.03 Å². The standard InChI is InChI=1S/C29H25BrN2O2S2/c30-21-10-7-17(8-11-21)24-25-19-5-6-20(13-19)26(25)35-28-27(24)36-29(34)32(28)15-23(33)31-22-12-9-16-3-1-2-4-18(16)14-22/h1-4,7-12,14,19-20,24-26H,5-6,13,15H2,(H,31,33)/t19-,20-,24-,25-,26+/m0/s1. The Morgan fingerprint density at radius 2 is 1.78 bits per heavy atom. The summed E-state index contributed by atoms with van der Waals surface area (Å²) in [6.07, 6.45) is 3.90. The molecule has 0 unspecified atom stereocenters. The van der Waals surface area contributed by atoms with E-state index < -0.39 is 0 Å². The third-order valence-corrected chi connectivity index (χ3v) is 11.6. The number of thioether (sulfide) groups is 1. The third kappa shape index (κ3) is 3.78. The van der Waals surface area contributed by atoms with Crippen molar-refractivity contribution in [2.45, 2.75) is 42.0 Å². The van der Waals surface area contributed by atoms with Crippen molar-refractivity contribution in [3.63, 3.8) is 0 Å². The average molecular weight is 578 g/mol. The van der Waals surface area contributed by atoms with Crippen LogP contribution in [0.4, 0.5) is 5.69 Å². The number of thiazole rings is 1. The molecule has 2 fully saturated rings. The maximum absolute atomic E-state index is 13.3. The smallest absolute Gasteiger partial charge is 0.308 e. The molecule has 3 aliphatic rings. The minimum absolute atomic E-state index is 0.0319. The fourth-order valence-electron chi connectivity index (χ4n) is 6.74. The number of hydrogen-bond donors (Lipinski definition) is 1. The van der Waals surface area contributed by atoms with Gasteiger partial charge in [-0.3, -0.25) is 14.2 Å². The van der Waals surface area contributed by atoms with Gasteiger partial charge in [-0.25, -0.2) is 0 Å². The average Bonchev–Trinajstić information content (AvgIpc) is 3.58. The molecular formula is C29H25BrN2O2S2. The van der Waals surface area contributed by atoms with Crippen LogP contribution in [-0.2, 0) is 11.3 Å². The van der Waals surface area contributed by atoms with E-state index in [1.807, 2.05) is 48.2 Å². The van der Waals surface area contributed by atoms with Crippen molar-refractivity contribution in [3.05, 3.63) is 91.3 Å². The van der Waals surface area contributed by atoms with Gasteiger partial charge in [-0.15, -0.1) is 11.8 Å². The quantitative estimate of drug-likeness (QED) is 0.281. The monoisotopic (exact) mass is 576 g/mol. The molecule has 3 aromatic carbocycles. The molecule has 5 atom stereocenters. The maximum atomic E-state index is 13.3. The first kappa shape index (κ1) is 22.8. The van der Waals surface area contributed by atoms with E-state index in [1.54, 1.807) is 4.57 Å². The summed E-state index contributed by atoms with van der Waals surface area (Å²) in [5.41, 5.74) is 2.04. The van der Waals surface area contributed by atoms with E-state index >= 15 is 0 Å². The lowest BCUT2D eigenvalue weighted by Gasteiger charge is -2.40. The van der Waals surface area contributed by atoms with Crippen LogP contribution in [0.3, 0.4) is 0 Å². The molecule has 2 heterocycles. The van der Waals surface area contributed by atoms with Gasteiger partial charge < -0.3 is 5.32 Å². The molecule has 1 amide bonds. The Kier molecular flexibility index (Phi) is 5.64. The van der Waals surface area contributed by atoms with Crippen LogP contribution in [0.25, 0.3) is 10.8 Å². The number of anilines is 1. The molecule has 7 rings (SSSR count). The number of nitrogens with one attached hydrogen (secondary N) is 1. The number of aromatic nitrogens is 1. The van der Waals surface area contributed by atoms with Gasteiger partial charge in [0, 0.05) is 26.2 Å². The molecule has 2 bridgehead atoms. The van der Waals surface area contributed by atoms with E-state index in [-0.39, 0.29) is 23.2 Å². The number of rotatable bonds is 4. The van der Waals surface area contributed by atoms with Gasteiger partial charge in [0.1, 0.15) is 6.54 Å². The summed E-state index contributed by atoms with van der Waals surface area (Å²) in [5.74, 6) is 2.09. The van der Waals surface area contributed by atoms with E-state index in [0.29, 0.717) is 17.1 Å². The van der Waals surface area contributed by atoms with Crippen molar-refractivity contribution < 1.29 is 4.79 Å². The number of nitrogens with zero attached hydrogens (tertiary/aromatic N) is 1. The highest BCUT2D eigenvalue weighted by Gasteiger charge is 2.55. The third-order valence-electron chi connectivity index (χ3n) is 8.25. The topological polar surface area (TPSA) is 51.1 Å². The highest BCUT2D eigenvalue weighted by molar-refractivity contribution is 9.10. The molecule has 2 aliphatic carbocycles. The van der Waals surface area contributed by atoms with Crippen LogP contribution in [-0.4, -0.2) is 15.7 Å². The molecule has 4 nitrogen and oxygen atoms in total. The van der Waals surface area contributed by atoms with Crippen LogP contribution in [0.1, 0.15) is 35.6 Å². The summed E-state index contributed by atoms with van der Waals surface area (Å²) >= 11 is 6.79. The van der Waals surface area contributed by atoms with Crippen molar-refractivity contribution in [1.29, 1.82) is 0 Å². The minimum Gasteiger partial charge on any atom is -0.325 e. The Hall–Kier alpha value is -2.35. The molecule has 0 spiro atoms. The molecule has 4 aromatic rings. The van der Waals surface area contributed by atoms with Crippen molar-refractivity contribution in [2.24, 2.45) is 17.8 Å². The molecule has 2 saturated carbocycles. The minimum atomic E-state index is -0.163. The lowest BCUT2D eigenvalue weighted by atomic mass is 9.75. The van der Waals surface area contributed by atoms with Gasteiger partial charge in [-0.05, 0) is 77.6 Å². The Morgan fingerprint density at radius 3 is 2.61 bits per heavy atom. The van der Waals surface area contributed by atoms with Gasteiger partial charge >= 0.3 is 4.87 Å². The maximum Gasteiger partial charge on any atom is 0.308 e. The zero-order valence-corrected chi connectivity index (χ0v) is 22.7. The van der Waals surface area contributed by atoms with Crippen LogP contribution in [0.2, 0.25) is 0 Å². The van der Waals surface area contributed by atoms with E-state index in [1.165, 1.54) is 36.2 Å². The van der Waals surface area contributed by atoms with Crippen LogP contribution >= 0.6 is 39.0 Å². The number of carbonyl (C=O) groups is 1. The Balaban J connectivity index is 1.22. The fraction of sp³-hybridized carbons (Fsp3) is 0.310. The SMILES string of the molecule is O=C(Cn1c2c(sc1=O)[C@@H](c1ccc(Br)cc1)[C@@H]1[C@H]3CC[C@@H](C3)[C@H]1S2)Nc1ccc2ccccc2c1. The van der Waals surface area contributed by atoms with Gasteiger partial charge in [0.25, 0.3) is 0 Å². The number of hydrogen-bond acceptors (Lipinski definition) is 4. The molecule has 1 aliphatic heterocycles. The number of fused-ring (bicyclic) bond motifs is 7. The normalized spacial score (nSPS) is 26.1. The predicted molar refractivity (Wildman–Crippen MR) is 151 cm³/mol. The molecule has 1 aromatic heterocycles. The van der Waals surface area contributed by atoms with Crippen molar-refractivity contribution >= 4 is 61.4 Å². The molecule has 1 N–H and O–H groups in total. The first-order valence-corrected chi connectivity index (χ1v) is 15.0. The predicted octanol–water partition coefficient (Wildman–Crippen LogP) is 7.12. The molecule has 182 valence electrons. The summed E-state index contributed by atoms with van der Waals surface area (Å²) in [6, 6.07) is 22.6. The largest absolute Gasteiger partial charge is 0.325 e. The van der Waals surface area contributed by atoms with Crippen molar-refractivity contribution in [2.75, 3.05) is 5.32 Å². The van der Waals surface area contributed by atoms with E-state index in [9.17, 15) is 9.59 Å². The summed E-state index contributed by atoms with van der Waals surface area (Å²) in [4.78, 5) is 27.5. The zero-order chi connectivity index (χ0) is 24.4. The number of carbonyl (C=O) groups excluding carboxylic acids is 1. The van der Waals surface area contributed by atoms with Crippen LogP contribution in [0, 0.1) is 17.8 Å². The molecule has 7 heteroatoms. The lowest BCUT2D eigenvalue weighted by molar-refractivity contribution is -0.116. The van der Waals surface area contributed by atoms with E-state index in [2.05, 4.69) is 51.6 Å². The van der Waals surface area contributed by atoms with Gasteiger partial charge in [-0.1, -0.05) is 69.7 Å². The summed E-state index contributed by atoms with van der Waals surface area (Å²) < 4.78 is 2.80. The molecule has 0 saturated heterocycles. The first-order chi connectivity index (χ1) is 17.5. The second kappa shape index (κ2) is 8.89. The second-order valence-electron chi connectivity index (χ2n) is 10.3. The molecule has 0 radical (unpaired) electrons. The first-order valence-electron chi connectivity index (χ1n) is 12.5. The van der Waals surface area contributed by atoms with Crippen LogP contribution in [0.5, 0.6) is 0 Å². The number of benzene rings is 3. The number of halogens is 1. The van der Waals surface area contributed by atoms with Crippen LogP contribution < -0.4 is 10.2 Å². The van der Waals surface area contributed by atoms with Crippen LogP contribution in [0.15, 0.2) is 81.0 Å². The highest BCUT2D eigenvalue weighted by atomic mass is 79.9. The van der Waals surface area contributed by atoms with Gasteiger partial charge in [0.15, 0.2) is 0 Å². The van der Waals surface area contributed by atoms with E-state index in [4.69, 9.17) is 0 Å². The van der Waals surface area contributed by atoms with Gasteiger partial charge in [0.2, 0.25) is 5.91 Å². The summed E-state index contributed by atoms with van der Waals surface area (Å²) in [6.45, 7) is 0.0447. The zero-order valence-electron chi connectivity index (χ0n) is 19.5. The second-order valence-corrected chi connectivity index (χ2v) is 13.3. The Bertz CT molecular complexity index is 1540. The summed E-state index contributed by atoms with van der Waals surface area (Å²) in [7, 11) is 0. The van der Waals surface area contributed by atoms with Crippen molar-refractivity contribution in [3.8, 4) is 0 Å². The molecular weight excluding hydrogens is 552 g/mol. The van der Waals surface area contributed by atoms with Crippen molar-refractivity contribution in [1.82, 2.24) is 4.57 Å². The fourth-order valence-corrected chi connectivity index (χ4v) is 10.2. The lowest BCUT2D eigenvalue weighted by Crippen LogP contribution is -2.34. The van der Waals surface area contributed by atoms with Gasteiger partial charge in [-0.2, -0.15) is 0 Å². The molecule has 36 heavy (non-hydrogen) atoms. The number of amides is 1.